The highest BCUT2D eigenvalue weighted by Gasteiger charge is 2.29. The predicted octanol–water partition coefficient (Wildman–Crippen LogP) is 6.82. The molecule has 0 saturated carbocycles. The van der Waals surface area contributed by atoms with E-state index in [9.17, 15) is 35.9 Å². The molecular formula is C60H64F6N10O6. The van der Waals surface area contributed by atoms with E-state index < -0.39 is 24.3 Å². The Morgan fingerprint density at radius 2 is 0.768 bits per heavy atom. The number of carbonyl (C=O) groups is 4. The van der Waals surface area contributed by atoms with E-state index >= 15 is 0 Å². The molecule has 0 aliphatic rings. The third-order valence-electron chi connectivity index (χ3n) is 12.0. The average molecular weight is 1140 g/mol. The van der Waals surface area contributed by atoms with E-state index in [1.165, 1.54) is 11.1 Å². The van der Waals surface area contributed by atoms with Crippen LogP contribution in [-0.2, 0) is 48.9 Å². The van der Waals surface area contributed by atoms with E-state index in [4.69, 9.17) is 42.1 Å². The highest BCUT2D eigenvalue weighted by Crippen LogP contribution is 2.24. The number of nitrogens with zero attached hydrogens (tertiary/aromatic N) is 4. The van der Waals surface area contributed by atoms with Crippen molar-refractivity contribution in [2.45, 2.75) is 51.6 Å². The fraction of sp³-hybridized carbons (Fsp3) is 0.233. The minimum Gasteiger partial charge on any atom is -0.542 e. The number of hydrogen-bond acceptors (Lipinski definition) is 8. The zero-order chi connectivity index (χ0) is 60.7. The summed E-state index contributed by atoms with van der Waals surface area (Å²) in [6, 6.07) is 51.9. The number of aliphatic carboxylic acids is 2. The van der Waals surface area contributed by atoms with Gasteiger partial charge in [0.05, 0.1) is 42.3 Å². The molecule has 82 heavy (non-hydrogen) atoms. The van der Waals surface area contributed by atoms with Gasteiger partial charge in [0, 0.05) is 70.2 Å². The summed E-state index contributed by atoms with van der Waals surface area (Å²) in [4.78, 5) is 44.0. The first kappa shape index (κ1) is 63.6. The molecule has 2 aromatic heterocycles. The Bertz CT molecular complexity index is 3310. The molecule has 2 heterocycles. The fourth-order valence-corrected chi connectivity index (χ4v) is 8.34. The number of nitrogens with one attached hydrogen (secondary N) is 4. The molecule has 0 unspecified atom stereocenters. The lowest BCUT2D eigenvalue weighted by molar-refractivity contribution is -0.884. The minimum absolute atomic E-state index is 0.0321. The first-order chi connectivity index (χ1) is 38.3. The van der Waals surface area contributed by atoms with E-state index in [1.54, 1.807) is 0 Å². The summed E-state index contributed by atoms with van der Waals surface area (Å²) in [6.07, 6.45) is -10.4. The van der Waals surface area contributed by atoms with Crippen LogP contribution in [0.3, 0.4) is 0 Å². The number of benzene rings is 6. The van der Waals surface area contributed by atoms with Gasteiger partial charge in [-0.1, -0.05) is 121 Å². The second-order valence-corrected chi connectivity index (χ2v) is 21.0. The quantitative estimate of drug-likeness (QED) is 0.0259. The van der Waals surface area contributed by atoms with E-state index in [2.05, 4.69) is 101 Å². The summed E-state index contributed by atoms with van der Waals surface area (Å²) in [6.45, 7) is 3.86. The summed E-state index contributed by atoms with van der Waals surface area (Å²) in [5, 5.41) is 41.2. The molecule has 6 aromatic carbocycles. The molecule has 16 nitrogen and oxygen atoms in total. The Morgan fingerprint density at radius 1 is 0.463 bits per heavy atom. The average Bonchev–Trinajstić information content (AvgIpc) is 3.95. The second-order valence-electron chi connectivity index (χ2n) is 21.0. The summed E-state index contributed by atoms with van der Waals surface area (Å²) in [5.74, 6) is -6.18. The standard InChI is InChI=1S/2C28H31N5O.2C2HF3O2/c2*1-33(2,3)19-21-13-11-20(12-14-21)17-31-28(34)26-16-23-8-4-5-10-25(23)32(26)18-22-7-6-9-24(15-22)27(29)30;2*3-2(4,5)1(6)7/h2*4-16H,17-19H2,1-3H3,(H3-,29,30,31,34);2*(H,6,7). The van der Waals surface area contributed by atoms with Crippen LogP contribution in [0.25, 0.3) is 21.8 Å². The van der Waals surface area contributed by atoms with Crippen molar-refractivity contribution in [1.29, 1.82) is 10.8 Å². The summed E-state index contributed by atoms with van der Waals surface area (Å²) >= 11 is 0. The summed E-state index contributed by atoms with van der Waals surface area (Å²) in [5.41, 5.74) is 22.5. The number of aromatic nitrogens is 2. The van der Waals surface area contributed by atoms with Gasteiger partial charge in [-0.15, -0.1) is 0 Å². The van der Waals surface area contributed by atoms with Gasteiger partial charge in [-0.05, 0) is 58.7 Å². The highest BCUT2D eigenvalue weighted by molar-refractivity contribution is 6.00. The van der Waals surface area contributed by atoms with Crippen LogP contribution in [0, 0.1) is 10.8 Å². The van der Waals surface area contributed by atoms with Crippen molar-refractivity contribution in [1.82, 2.24) is 19.8 Å². The molecule has 0 aliphatic carbocycles. The number of carbonyl (C=O) groups excluding carboxylic acids is 4. The van der Waals surface area contributed by atoms with Gasteiger partial charge in [-0.3, -0.25) is 20.4 Å². The van der Waals surface area contributed by atoms with Gasteiger partial charge in [0.2, 0.25) is 0 Å². The van der Waals surface area contributed by atoms with Gasteiger partial charge in [-0.25, -0.2) is 0 Å². The van der Waals surface area contributed by atoms with Gasteiger partial charge in [0.15, 0.2) is 0 Å². The van der Waals surface area contributed by atoms with Gasteiger partial charge >= 0.3 is 12.4 Å². The van der Waals surface area contributed by atoms with Crippen molar-refractivity contribution in [3.63, 3.8) is 0 Å². The number of para-hydroxylation sites is 2. The van der Waals surface area contributed by atoms with Crippen molar-refractivity contribution in [2.24, 2.45) is 11.5 Å². The molecular weight excluding hydrogens is 1070 g/mol. The van der Waals surface area contributed by atoms with Gasteiger partial charge in [0.1, 0.15) is 48.1 Å². The molecule has 0 fully saturated rings. The van der Waals surface area contributed by atoms with Crippen molar-refractivity contribution in [2.75, 3.05) is 42.3 Å². The van der Waals surface area contributed by atoms with Crippen molar-refractivity contribution in [3.8, 4) is 0 Å². The SMILES string of the molecule is C[N+](C)(C)Cc1ccc(CNC(=O)c2cc3ccccc3n2Cc2cccc(C(=N)N)c2)cc1.C[N+](C)(C)Cc1ccc(CNC(=O)c2cc3ccccc3n2Cc2cccc(C(=N)N)c2)cc1.O=C([O-])C(F)(F)F.O=C([O-])C(F)(F)F. The van der Waals surface area contributed by atoms with Crippen LogP contribution in [-0.4, -0.2) is 108 Å². The summed E-state index contributed by atoms with van der Waals surface area (Å²) in [7, 11) is 13.0. The molecule has 8 N–H and O–H groups in total. The van der Waals surface area contributed by atoms with Crippen LogP contribution in [0.5, 0.6) is 0 Å². The number of amides is 2. The van der Waals surface area contributed by atoms with E-state index in [0.717, 1.165) is 66.1 Å². The van der Waals surface area contributed by atoms with E-state index in [1.807, 2.05) is 118 Å². The van der Waals surface area contributed by atoms with Crippen LogP contribution in [0.15, 0.2) is 158 Å². The Balaban J connectivity index is 0.000000244. The lowest BCUT2D eigenvalue weighted by atomic mass is 10.1. The van der Waals surface area contributed by atoms with Gasteiger partial charge in [0.25, 0.3) is 11.8 Å². The van der Waals surface area contributed by atoms with E-state index in [0.29, 0.717) is 48.7 Å². The normalized spacial score (nSPS) is 11.5. The number of quaternary nitrogens is 2. The number of carboxylic acid groups (broad SMARTS) is 2. The van der Waals surface area contributed by atoms with Crippen LogP contribution in [0.2, 0.25) is 0 Å². The van der Waals surface area contributed by atoms with Crippen molar-refractivity contribution < 1.29 is 64.7 Å². The topological polar surface area (TPSA) is 248 Å². The van der Waals surface area contributed by atoms with Crippen LogP contribution in [0.4, 0.5) is 26.3 Å². The first-order valence-corrected chi connectivity index (χ1v) is 25.2. The van der Waals surface area contributed by atoms with Crippen LogP contribution >= 0.6 is 0 Å². The lowest BCUT2D eigenvalue weighted by Gasteiger charge is -2.23. The maximum absolute atomic E-state index is 13.2. The minimum atomic E-state index is -5.19. The fourth-order valence-electron chi connectivity index (χ4n) is 8.34. The van der Waals surface area contributed by atoms with Crippen LogP contribution < -0.4 is 32.3 Å². The van der Waals surface area contributed by atoms with Crippen molar-refractivity contribution in [3.05, 3.63) is 214 Å². The first-order valence-electron chi connectivity index (χ1n) is 25.2. The number of nitrogen functional groups attached to an aromatic ring is 2. The smallest absolute Gasteiger partial charge is 0.430 e. The number of fused-ring (bicyclic) bond motifs is 2. The van der Waals surface area contributed by atoms with E-state index in [-0.39, 0.29) is 23.5 Å². The molecule has 0 saturated heterocycles. The molecule has 8 aromatic rings. The molecule has 0 spiro atoms. The lowest BCUT2D eigenvalue weighted by Crippen LogP contribution is -2.37. The second kappa shape index (κ2) is 27.3. The maximum atomic E-state index is 13.2. The third-order valence-corrected chi connectivity index (χ3v) is 12.0. The third kappa shape index (κ3) is 19.5. The number of halogens is 6. The number of rotatable bonds is 16. The highest BCUT2D eigenvalue weighted by atomic mass is 19.4. The molecule has 0 bridgehead atoms. The number of amidine groups is 2. The van der Waals surface area contributed by atoms with Gasteiger partial charge < -0.3 is 60.0 Å². The zero-order valence-electron chi connectivity index (χ0n) is 45.9. The Morgan fingerprint density at radius 3 is 1.06 bits per heavy atom. The number of alkyl halides is 6. The molecule has 0 atom stereocenters. The Labute approximate surface area is 470 Å². The van der Waals surface area contributed by atoms with Gasteiger partial charge in [-0.2, -0.15) is 26.3 Å². The maximum Gasteiger partial charge on any atom is 0.430 e. The number of carboxylic acids is 2. The van der Waals surface area contributed by atoms with Crippen LogP contribution in [0.1, 0.15) is 65.5 Å². The zero-order valence-corrected chi connectivity index (χ0v) is 45.9. The Hall–Kier alpha value is -9.28. The molecule has 2 amide bonds. The Kier molecular flexibility index (Phi) is 21.1. The number of hydrogen-bond donors (Lipinski definition) is 6. The molecule has 432 valence electrons. The molecule has 22 heteroatoms. The molecule has 0 radical (unpaired) electrons. The summed E-state index contributed by atoms with van der Waals surface area (Å²) < 4.78 is 68.9. The predicted molar refractivity (Wildman–Crippen MR) is 298 cm³/mol. The number of nitrogens with two attached hydrogens (primary N) is 2. The monoisotopic (exact) mass is 1130 g/mol. The largest absolute Gasteiger partial charge is 0.542 e. The van der Waals surface area contributed by atoms with Crippen molar-refractivity contribution >= 4 is 57.2 Å². The molecule has 0 aliphatic heterocycles. The molecule has 8 rings (SSSR count).